The average Bonchev–Trinajstić information content (AvgIpc) is 3.21. The highest BCUT2D eigenvalue weighted by molar-refractivity contribution is 5.95. The largest absolute Gasteiger partial charge is 0.345 e. The lowest BCUT2D eigenvalue weighted by molar-refractivity contribution is 0.0781. The second-order valence-corrected chi connectivity index (χ2v) is 7.81. The zero-order valence-corrected chi connectivity index (χ0v) is 16.5. The second-order valence-electron chi connectivity index (χ2n) is 7.81. The molecule has 1 aliphatic carbocycles. The summed E-state index contributed by atoms with van der Waals surface area (Å²) in [6.07, 6.45) is 6.35. The van der Waals surface area contributed by atoms with E-state index in [9.17, 15) is 4.79 Å². The fourth-order valence-electron chi connectivity index (χ4n) is 4.48. The first-order valence-electron chi connectivity index (χ1n) is 9.92. The first-order valence-corrected chi connectivity index (χ1v) is 9.92. The van der Waals surface area contributed by atoms with Gasteiger partial charge in [-0.25, -0.2) is 4.98 Å². The minimum Gasteiger partial charge on any atom is -0.345 e. The molecule has 1 amide bonds. The number of nitrogens with one attached hydrogen (secondary N) is 1. The Balaban J connectivity index is 1.54. The molecule has 4 rings (SSSR count). The van der Waals surface area contributed by atoms with E-state index < -0.39 is 0 Å². The van der Waals surface area contributed by atoms with Crippen molar-refractivity contribution in [2.24, 2.45) is 0 Å². The van der Waals surface area contributed by atoms with Gasteiger partial charge in [-0.1, -0.05) is 31.4 Å². The van der Waals surface area contributed by atoms with E-state index in [2.05, 4.69) is 34.4 Å². The first-order chi connectivity index (χ1) is 13.0. The second kappa shape index (κ2) is 7.22. The highest BCUT2D eigenvalue weighted by atomic mass is 16.2. The molecule has 0 unspecified atom stereocenters. The summed E-state index contributed by atoms with van der Waals surface area (Å²) in [5, 5.41) is 0. The molecule has 1 aliphatic rings. The molecular formula is C22H28N4O. The van der Waals surface area contributed by atoms with E-state index in [1.165, 1.54) is 37.8 Å². The van der Waals surface area contributed by atoms with Crippen molar-refractivity contribution in [3.05, 3.63) is 53.1 Å². The lowest BCUT2D eigenvalue weighted by atomic mass is 9.95. The van der Waals surface area contributed by atoms with Crippen LogP contribution < -0.4 is 0 Å². The van der Waals surface area contributed by atoms with Crippen molar-refractivity contribution >= 4 is 16.9 Å². The molecule has 5 nitrogen and oxygen atoms in total. The zero-order chi connectivity index (χ0) is 19.0. The number of aromatic amines is 1. The van der Waals surface area contributed by atoms with Crippen molar-refractivity contribution in [1.29, 1.82) is 0 Å². The molecule has 1 aromatic carbocycles. The van der Waals surface area contributed by atoms with Gasteiger partial charge in [-0.2, -0.15) is 0 Å². The maximum Gasteiger partial charge on any atom is 0.255 e. The Morgan fingerprint density at radius 2 is 1.96 bits per heavy atom. The van der Waals surface area contributed by atoms with Crippen LogP contribution in [0.25, 0.3) is 11.0 Å². The van der Waals surface area contributed by atoms with Gasteiger partial charge >= 0.3 is 0 Å². The van der Waals surface area contributed by atoms with E-state index in [-0.39, 0.29) is 5.91 Å². The van der Waals surface area contributed by atoms with Crippen LogP contribution in [0.5, 0.6) is 0 Å². The van der Waals surface area contributed by atoms with E-state index in [1.807, 2.05) is 31.3 Å². The molecule has 2 aromatic heterocycles. The van der Waals surface area contributed by atoms with Crippen LogP contribution in [0.2, 0.25) is 0 Å². The van der Waals surface area contributed by atoms with Crippen LogP contribution in [0.3, 0.4) is 0 Å². The predicted molar refractivity (Wildman–Crippen MR) is 108 cm³/mol. The molecule has 5 heteroatoms. The van der Waals surface area contributed by atoms with E-state index in [0.29, 0.717) is 12.6 Å². The first kappa shape index (κ1) is 17.8. The SMILES string of the molecule is Cc1cc(C(=O)N(C)Cc2nc3ccccc3[nH]2)c(C)n1C1CCCCC1. The van der Waals surface area contributed by atoms with Gasteiger partial charge in [0, 0.05) is 24.5 Å². The summed E-state index contributed by atoms with van der Waals surface area (Å²) in [7, 11) is 1.85. The molecule has 0 aliphatic heterocycles. The van der Waals surface area contributed by atoms with Crippen molar-refractivity contribution < 1.29 is 4.79 Å². The number of fused-ring (bicyclic) bond motifs is 1. The molecule has 3 aromatic rings. The standard InChI is InChI=1S/C22H28N4O/c1-15-13-18(16(2)26(15)17-9-5-4-6-10-17)22(27)25(3)14-21-23-19-11-7-8-12-20(19)24-21/h7-8,11-13,17H,4-6,9-10,14H2,1-3H3,(H,23,24). The third-order valence-corrected chi connectivity index (χ3v) is 5.83. The van der Waals surface area contributed by atoms with Crippen molar-refractivity contribution in [2.45, 2.75) is 58.5 Å². The molecule has 142 valence electrons. The number of hydrogen-bond donors (Lipinski definition) is 1. The van der Waals surface area contributed by atoms with Crippen LogP contribution in [0, 0.1) is 13.8 Å². The number of benzene rings is 1. The number of H-pyrrole nitrogens is 1. The van der Waals surface area contributed by atoms with Gasteiger partial charge in [0.2, 0.25) is 0 Å². The molecule has 0 bridgehead atoms. The Morgan fingerprint density at radius 1 is 1.22 bits per heavy atom. The summed E-state index contributed by atoms with van der Waals surface area (Å²) in [4.78, 5) is 22.8. The fraction of sp³-hybridized carbons (Fsp3) is 0.455. The molecule has 0 saturated heterocycles. The summed E-state index contributed by atoms with van der Waals surface area (Å²) in [6.45, 7) is 4.68. The van der Waals surface area contributed by atoms with Crippen LogP contribution >= 0.6 is 0 Å². The van der Waals surface area contributed by atoms with Crippen LogP contribution in [-0.4, -0.2) is 32.4 Å². The highest BCUT2D eigenvalue weighted by Crippen LogP contribution is 2.32. The smallest absolute Gasteiger partial charge is 0.255 e. The molecule has 0 radical (unpaired) electrons. The van der Waals surface area contributed by atoms with Gasteiger partial charge in [-0.05, 0) is 44.9 Å². The van der Waals surface area contributed by atoms with Crippen LogP contribution in [0.15, 0.2) is 30.3 Å². The number of para-hydroxylation sites is 2. The number of aryl methyl sites for hydroxylation is 1. The van der Waals surface area contributed by atoms with Gasteiger partial charge < -0.3 is 14.5 Å². The van der Waals surface area contributed by atoms with Crippen molar-refractivity contribution in [3.63, 3.8) is 0 Å². The maximum absolute atomic E-state index is 13.1. The summed E-state index contributed by atoms with van der Waals surface area (Å²) >= 11 is 0. The number of carbonyl (C=O) groups excluding carboxylic acids is 1. The Kier molecular flexibility index (Phi) is 4.77. The Bertz CT molecular complexity index is 929. The zero-order valence-electron chi connectivity index (χ0n) is 16.5. The fourth-order valence-corrected chi connectivity index (χ4v) is 4.48. The monoisotopic (exact) mass is 364 g/mol. The lowest BCUT2D eigenvalue weighted by Gasteiger charge is -2.26. The Morgan fingerprint density at radius 3 is 2.70 bits per heavy atom. The topological polar surface area (TPSA) is 53.9 Å². The summed E-state index contributed by atoms with van der Waals surface area (Å²) in [5.41, 5.74) is 5.05. The molecule has 0 spiro atoms. The number of hydrogen-bond acceptors (Lipinski definition) is 2. The minimum absolute atomic E-state index is 0.0608. The minimum atomic E-state index is 0.0608. The molecule has 27 heavy (non-hydrogen) atoms. The van der Waals surface area contributed by atoms with E-state index >= 15 is 0 Å². The van der Waals surface area contributed by atoms with Gasteiger partial charge in [-0.3, -0.25) is 4.79 Å². The van der Waals surface area contributed by atoms with Gasteiger partial charge in [-0.15, -0.1) is 0 Å². The van der Waals surface area contributed by atoms with Crippen molar-refractivity contribution in [1.82, 2.24) is 19.4 Å². The van der Waals surface area contributed by atoms with Crippen molar-refractivity contribution in [2.75, 3.05) is 7.05 Å². The highest BCUT2D eigenvalue weighted by Gasteiger charge is 2.24. The normalized spacial score (nSPS) is 15.4. The lowest BCUT2D eigenvalue weighted by Crippen LogP contribution is -2.27. The molecular weight excluding hydrogens is 336 g/mol. The molecule has 1 saturated carbocycles. The van der Waals surface area contributed by atoms with Gasteiger partial charge in [0.15, 0.2) is 0 Å². The number of amides is 1. The molecule has 2 heterocycles. The number of rotatable bonds is 4. The maximum atomic E-state index is 13.1. The average molecular weight is 364 g/mol. The van der Waals surface area contributed by atoms with E-state index in [4.69, 9.17) is 0 Å². The summed E-state index contributed by atoms with van der Waals surface area (Å²) in [5.74, 6) is 0.874. The third-order valence-electron chi connectivity index (χ3n) is 5.83. The third kappa shape index (κ3) is 3.38. The molecule has 1 N–H and O–H groups in total. The predicted octanol–water partition coefficient (Wildman–Crippen LogP) is 4.76. The van der Waals surface area contributed by atoms with Crippen LogP contribution in [0.1, 0.15) is 65.7 Å². The summed E-state index contributed by atoms with van der Waals surface area (Å²) < 4.78 is 2.39. The van der Waals surface area contributed by atoms with E-state index in [1.54, 1.807) is 4.90 Å². The van der Waals surface area contributed by atoms with E-state index in [0.717, 1.165) is 28.1 Å². The summed E-state index contributed by atoms with van der Waals surface area (Å²) in [6, 6.07) is 10.5. The van der Waals surface area contributed by atoms with Crippen LogP contribution in [-0.2, 0) is 6.54 Å². The van der Waals surface area contributed by atoms with Crippen molar-refractivity contribution in [3.8, 4) is 0 Å². The number of imidazole rings is 1. The number of nitrogens with zero attached hydrogens (tertiary/aromatic N) is 3. The quantitative estimate of drug-likeness (QED) is 0.726. The number of carbonyl (C=O) groups is 1. The van der Waals surface area contributed by atoms with Gasteiger partial charge in [0.05, 0.1) is 23.1 Å². The Labute approximate surface area is 160 Å². The molecule has 0 atom stereocenters. The molecule has 1 fully saturated rings. The Hall–Kier alpha value is -2.56. The van der Waals surface area contributed by atoms with Gasteiger partial charge in [0.1, 0.15) is 5.82 Å². The van der Waals surface area contributed by atoms with Gasteiger partial charge in [0.25, 0.3) is 5.91 Å². The van der Waals surface area contributed by atoms with Crippen LogP contribution in [0.4, 0.5) is 0 Å². The number of aromatic nitrogens is 3.